The van der Waals surface area contributed by atoms with Crippen LogP contribution in [-0.4, -0.2) is 12.6 Å². The Morgan fingerprint density at radius 1 is 1.19 bits per heavy atom. The lowest BCUT2D eigenvalue weighted by molar-refractivity contribution is -0.140. The third-order valence-electron chi connectivity index (χ3n) is 2.61. The Kier molecular flexibility index (Phi) is 5.62. The molecule has 0 N–H and O–H groups in total. The Balaban J connectivity index is 0.000000187. The number of rotatable bonds is 1. The molecule has 1 aromatic rings. The fraction of sp³-hybridized carbons (Fsp3) is 0.500. The van der Waals surface area contributed by atoms with E-state index in [0.717, 1.165) is 0 Å². The maximum absolute atomic E-state index is 9.82. The Morgan fingerprint density at radius 2 is 1.69 bits per heavy atom. The van der Waals surface area contributed by atoms with Gasteiger partial charge in [0.2, 0.25) is 0 Å². The van der Waals surface area contributed by atoms with Gasteiger partial charge in [0.15, 0.2) is 0 Å². The van der Waals surface area contributed by atoms with Gasteiger partial charge in [-0.2, -0.15) is 0 Å². The van der Waals surface area contributed by atoms with Crippen LogP contribution in [0.5, 0.6) is 0 Å². The van der Waals surface area contributed by atoms with Crippen molar-refractivity contribution < 1.29 is 9.53 Å². The first-order chi connectivity index (χ1) is 7.74. The largest absolute Gasteiger partial charge is 0.466 e. The molecule has 0 spiro atoms. The maximum atomic E-state index is 9.82. The summed E-state index contributed by atoms with van der Waals surface area (Å²) in [4.78, 5) is 9.82. The van der Waals surface area contributed by atoms with Gasteiger partial charge in [-0.25, -0.2) is 0 Å². The van der Waals surface area contributed by atoms with Gasteiger partial charge in [0.25, 0.3) is 0 Å². The van der Waals surface area contributed by atoms with Crippen molar-refractivity contribution in [3.8, 4) is 0 Å². The Bertz CT molecular complexity index is 306. The summed E-state index contributed by atoms with van der Waals surface area (Å²) < 4.78 is 4.40. The minimum absolute atomic E-state index is 0.211. The van der Waals surface area contributed by atoms with E-state index >= 15 is 0 Å². The summed E-state index contributed by atoms with van der Waals surface area (Å²) in [7, 11) is 0. The van der Waals surface area contributed by atoms with Crippen molar-refractivity contribution in [3.05, 3.63) is 35.4 Å². The summed E-state index contributed by atoms with van der Waals surface area (Å²) in [6.07, 6.45) is 5.38. The highest BCUT2D eigenvalue weighted by Crippen LogP contribution is 2.19. The Morgan fingerprint density at radius 3 is 2.00 bits per heavy atom. The highest BCUT2D eigenvalue weighted by molar-refractivity contribution is 5.65. The smallest absolute Gasteiger partial charge is 0.302 e. The molecule has 0 bridgehead atoms. The van der Waals surface area contributed by atoms with E-state index in [1.54, 1.807) is 18.1 Å². The molecule has 88 valence electrons. The van der Waals surface area contributed by atoms with Crippen LogP contribution in [0.1, 0.15) is 37.8 Å². The zero-order chi connectivity index (χ0) is 11.8. The fourth-order valence-electron chi connectivity index (χ4n) is 1.88. The van der Waals surface area contributed by atoms with E-state index in [1.165, 1.54) is 32.6 Å². The Labute approximate surface area is 97.6 Å². The molecule has 2 heteroatoms. The van der Waals surface area contributed by atoms with Crippen LogP contribution in [0, 0.1) is 0 Å². The SMILES string of the molecule is CCOC(C)=O.c1ccc2c(c1)CCCC2. The van der Waals surface area contributed by atoms with Crippen LogP contribution in [-0.2, 0) is 22.4 Å². The first-order valence-corrected chi connectivity index (χ1v) is 5.94. The van der Waals surface area contributed by atoms with Gasteiger partial charge in [-0.15, -0.1) is 0 Å². The van der Waals surface area contributed by atoms with Crippen LogP contribution >= 0.6 is 0 Å². The van der Waals surface area contributed by atoms with Crippen LogP contribution in [0.4, 0.5) is 0 Å². The van der Waals surface area contributed by atoms with Gasteiger partial charge in [-0.1, -0.05) is 24.3 Å². The highest BCUT2D eigenvalue weighted by Gasteiger charge is 2.05. The molecule has 0 aliphatic heterocycles. The molecule has 0 radical (unpaired) electrons. The second kappa shape index (κ2) is 7.04. The number of aryl methyl sites for hydroxylation is 2. The van der Waals surface area contributed by atoms with Gasteiger partial charge in [-0.3, -0.25) is 4.79 Å². The predicted molar refractivity (Wildman–Crippen MR) is 65.4 cm³/mol. The number of carbonyl (C=O) groups is 1. The van der Waals surface area contributed by atoms with Crippen molar-refractivity contribution in [2.45, 2.75) is 39.5 Å². The molecule has 0 fully saturated rings. The molecule has 1 aliphatic rings. The van der Waals surface area contributed by atoms with E-state index in [0.29, 0.717) is 6.61 Å². The maximum Gasteiger partial charge on any atom is 0.302 e. The van der Waals surface area contributed by atoms with E-state index in [9.17, 15) is 4.79 Å². The van der Waals surface area contributed by atoms with Crippen molar-refractivity contribution in [3.63, 3.8) is 0 Å². The van der Waals surface area contributed by atoms with Crippen molar-refractivity contribution in [1.29, 1.82) is 0 Å². The highest BCUT2D eigenvalue weighted by atomic mass is 16.5. The molecule has 0 saturated heterocycles. The molecular formula is C14H20O2. The lowest BCUT2D eigenvalue weighted by Crippen LogP contribution is -2.00. The molecular weight excluding hydrogens is 200 g/mol. The number of carbonyl (C=O) groups excluding carboxylic acids is 1. The van der Waals surface area contributed by atoms with Crippen molar-refractivity contribution in [2.24, 2.45) is 0 Å². The molecule has 0 unspecified atom stereocenters. The monoisotopic (exact) mass is 220 g/mol. The lowest BCUT2D eigenvalue weighted by atomic mass is 9.92. The molecule has 0 atom stereocenters. The fourth-order valence-corrected chi connectivity index (χ4v) is 1.88. The first-order valence-electron chi connectivity index (χ1n) is 5.94. The van der Waals surface area contributed by atoms with E-state index in [4.69, 9.17) is 0 Å². The standard InChI is InChI=1S/C10H12.C4H8O2/c1-2-6-10-8-4-3-7-9(10)5-1;1-3-6-4(2)5/h1-2,5-6H,3-4,7-8H2;3H2,1-2H3. The quantitative estimate of drug-likeness (QED) is 0.680. The second-order valence-electron chi connectivity index (χ2n) is 3.90. The van der Waals surface area contributed by atoms with Crippen molar-refractivity contribution in [2.75, 3.05) is 6.61 Å². The lowest BCUT2D eigenvalue weighted by Gasteiger charge is -2.13. The van der Waals surface area contributed by atoms with Gasteiger partial charge in [0.1, 0.15) is 0 Å². The molecule has 2 nitrogen and oxygen atoms in total. The summed E-state index contributed by atoms with van der Waals surface area (Å²) in [5.41, 5.74) is 3.16. The van der Waals surface area contributed by atoms with Gasteiger partial charge in [-0.05, 0) is 43.7 Å². The number of fused-ring (bicyclic) bond motifs is 1. The van der Waals surface area contributed by atoms with Crippen molar-refractivity contribution in [1.82, 2.24) is 0 Å². The van der Waals surface area contributed by atoms with Crippen LogP contribution in [0.15, 0.2) is 24.3 Å². The molecule has 1 aromatic carbocycles. The first kappa shape index (κ1) is 12.8. The van der Waals surface area contributed by atoms with Gasteiger partial charge in [0, 0.05) is 6.92 Å². The van der Waals surface area contributed by atoms with E-state index in [2.05, 4.69) is 29.0 Å². The number of hydrogen-bond acceptors (Lipinski definition) is 2. The van der Waals surface area contributed by atoms with Crippen LogP contribution in [0.2, 0.25) is 0 Å². The summed E-state index contributed by atoms with van der Waals surface area (Å²) in [5.74, 6) is -0.211. The van der Waals surface area contributed by atoms with Gasteiger partial charge >= 0.3 is 5.97 Å². The zero-order valence-electron chi connectivity index (χ0n) is 10.2. The van der Waals surface area contributed by atoms with Crippen LogP contribution in [0.25, 0.3) is 0 Å². The van der Waals surface area contributed by atoms with Gasteiger partial charge < -0.3 is 4.74 Å². The van der Waals surface area contributed by atoms with E-state index in [-0.39, 0.29) is 5.97 Å². The molecule has 0 saturated carbocycles. The van der Waals surface area contributed by atoms with Crippen molar-refractivity contribution >= 4 is 5.97 Å². The summed E-state index contributed by atoms with van der Waals surface area (Å²) in [6.45, 7) is 3.65. The molecule has 0 aromatic heterocycles. The summed E-state index contributed by atoms with van der Waals surface area (Å²) in [5, 5.41) is 0. The summed E-state index contributed by atoms with van der Waals surface area (Å²) >= 11 is 0. The number of esters is 1. The normalized spacial score (nSPS) is 13.1. The average Bonchev–Trinajstić information content (AvgIpc) is 2.30. The minimum Gasteiger partial charge on any atom is -0.466 e. The third kappa shape index (κ3) is 4.47. The predicted octanol–water partition coefficient (Wildman–Crippen LogP) is 3.13. The molecule has 2 rings (SSSR count). The minimum atomic E-state index is -0.211. The molecule has 1 aliphatic carbocycles. The average molecular weight is 220 g/mol. The zero-order valence-corrected chi connectivity index (χ0v) is 10.2. The topological polar surface area (TPSA) is 26.3 Å². The number of benzene rings is 1. The summed E-state index contributed by atoms with van der Waals surface area (Å²) in [6, 6.07) is 8.80. The number of ether oxygens (including phenoxy) is 1. The molecule has 0 amide bonds. The van der Waals surface area contributed by atoms with Crippen LogP contribution < -0.4 is 0 Å². The molecule has 0 heterocycles. The van der Waals surface area contributed by atoms with E-state index in [1.807, 2.05) is 0 Å². The van der Waals surface area contributed by atoms with E-state index < -0.39 is 0 Å². The second-order valence-corrected chi connectivity index (χ2v) is 3.90. The molecule has 16 heavy (non-hydrogen) atoms. The Hall–Kier alpha value is -1.31. The third-order valence-corrected chi connectivity index (χ3v) is 2.61. The van der Waals surface area contributed by atoms with Crippen LogP contribution in [0.3, 0.4) is 0 Å². The van der Waals surface area contributed by atoms with Gasteiger partial charge in [0.05, 0.1) is 6.61 Å². The number of hydrogen-bond donors (Lipinski definition) is 0.